The van der Waals surface area contributed by atoms with E-state index in [1.54, 1.807) is 10.9 Å². The van der Waals surface area contributed by atoms with Gasteiger partial charge in [0, 0.05) is 22.9 Å². The molecule has 1 heterocycles. The molecule has 1 unspecified atom stereocenters. The fourth-order valence-electron chi connectivity index (χ4n) is 1.84. The Morgan fingerprint density at radius 3 is 2.95 bits per heavy atom. The number of benzene rings is 1. The predicted octanol–water partition coefficient (Wildman–Crippen LogP) is 2.77. The Bertz CT molecular complexity index is 566. The first-order valence-electron chi connectivity index (χ1n) is 6.10. The molecular formula is C14H16BrN3O. The van der Waals surface area contributed by atoms with Gasteiger partial charge in [-0.05, 0) is 53.5 Å². The Morgan fingerprint density at radius 2 is 2.32 bits per heavy atom. The van der Waals surface area contributed by atoms with Gasteiger partial charge in [0.15, 0.2) is 0 Å². The van der Waals surface area contributed by atoms with Crippen molar-refractivity contribution in [3.8, 4) is 0 Å². The second-order valence-corrected chi connectivity index (χ2v) is 5.44. The quantitative estimate of drug-likeness (QED) is 0.941. The highest BCUT2D eigenvalue weighted by Crippen LogP contribution is 2.18. The molecule has 0 aliphatic carbocycles. The number of aryl methyl sites for hydroxylation is 1. The van der Waals surface area contributed by atoms with E-state index in [0.717, 1.165) is 10.0 Å². The number of rotatable bonds is 4. The summed E-state index contributed by atoms with van der Waals surface area (Å²) < 4.78 is 2.62. The number of carbonyl (C=O) groups is 1. The topological polar surface area (TPSA) is 46.9 Å². The van der Waals surface area contributed by atoms with Gasteiger partial charge in [0.25, 0.3) is 5.91 Å². The third kappa shape index (κ3) is 3.67. The Labute approximate surface area is 120 Å². The summed E-state index contributed by atoms with van der Waals surface area (Å²) in [6, 6.07) is 7.58. The average Bonchev–Trinajstić information content (AvgIpc) is 2.81. The van der Waals surface area contributed by atoms with E-state index in [0.29, 0.717) is 12.1 Å². The number of hydrogen-bond donors (Lipinski definition) is 1. The first-order valence-corrected chi connectivity index (χ1v) is 6.90. The third-order valence-electron chi connectivity index (χ3n) is 2.77. The van der Waals surface area contributed by atoms with Crippen LogP contribution in [0.25, 0.3) is 0 Å². The summed E-state index contributed by atoms with van der Waals surface area (Å²) in [5.74, 6) is -0.0773. The molecule has 2 aromatic rings. The minimum Gasteiger partial charge on any atom is -0.348 e. The Balaban J connectivity index is 2.00. The Kier molecular flexibility index (Phi) is 4.37. The van der Waals surface area contributed by atoms with E-state index >= 15 is 0 Å². The van der Waals surface area contributed by atoms with Crippen molar-refractivity contribution in [3.63, 3.8) is 0 Å². The minimum atomic E-state index is -0.0773. The lowest BCUT2D eigenvalue weighted by Gasteiger charge is -2.14. The van der Waals surface area contributed by atoms with E-state index in [2.05, 4.69) is 26.3 Å². The van der Waals surface area contributed by atoms with Crippen LogP contribution in [0, 0.1) is 6.92 Å². The van der Waals surface area contributed by atoms with Gasteiger partial charge in [0.05, 0.1) is 12.1 Å². The van der Waals surface area contributed by atoms with Crippen LogP contribution in [-0.2, 0) is 6.54 Å². The molecule has 5 heteroatoms. The lowest BCUT2D eigenvalue weighted by molar-refractivity contribution is 0.0935. The second kappa shape index (κ2) is 6.02. The van der Waals surface area contributed by atoms with E-state index in [4.69, 9.17) is 0 Å². The number of carbonyl (C=O) groups excluding carboxylic acids is 1. The number of halogens is 1. The first kappa shape index (κ1) is 13.8. The fourth-order valence-corrected chi connectivity index (χ4v) is 2.51. The first-order chi connectivity index (χ1) is 9.06. The van der Waals surface area contributed by atoms with Crippen molar-refractivity contribution in [2.75, 3.05) is 0 Å². The molecule has 4 nitrogen and oxygen atoms in total. The highest BCUT2D eigenvalue weighted by Gasteiger charge is 2.13. The number of amides is 1. The van der Waals surface area contributed by atoms with Crippen LogP contribution in [0.5, 0.6) is 0 Å². The normalized spacial score (nSPS) is 12.2. The standard InChI is InChI=1S/C14H16BrN3O/c1-10-4-5-12(13(15)8-10)14(19)17-11(2)9-18-7-3-6-16-18/h3-8,11H,9H2,1-2H3,(H,17,19). The summed E-state index contributed by atoms with van der Waals surface area (Å²) in [6.07, 6.45) is 3.61. The smallest absolute Gasteiger partial charge is 0.252 e. The maximum Gasteiger partial charge on any atom is 0.252 e. The van der Waals surface area contributed by atoms with Crippen LogP contribution < -0.4 is 5.32 Å². The maximum atomic E-state index is 12.1. The summed E-state index contributed by atoms with van der Waals surface area (Å²) in [7, 11) is 0. The van der Waals surface area contributed by atoms with Crippen LogP contribution in [0.4, 0.5) is 0 Å². The number of nitrogens with one attached hydrogen (secondary N) is 1. The summed E-state index contributed by atoms with van der Waals surface area (Å²) in [5.41, 5.74) is 1.77. The van der Waals surface area contributed by atoms with Crippen LogP contribution in [0.1, 0.15) is 22.8 Å². The molecule has 0 fully saturated rings. The molecule has 1 amide bonds. The van der Waals surface area contributed by atoms with Crippen molar-refractivity contribution >= 4 is 21.8 Å². The van der Waals surface area contributed by atoms with E-state index in [-0.39, 0.29) is 11.9 Å². The van der Waals surface area contributed by atoms with E-state index in [1.807, 2.05) is 44.3 Å². The molecule has 1 aromatic heterocycles. The van der Waals surface area contributed by atoms with Gasteiger partial charge >= 0.3 is 0 Å². The summed E-state index contributed by atoms with van der Waals surface area (Å²) >= 11 is 3.42. The van der Waals surface area contributed by atoms with Gasteiger partial charge in [-0.15, -0.1) is 0 Å². The molecule has 0 spiro atoms. The van der Waals surface area contributed by atoms with Gasteiger partial charge in [0.2, 0.25) is 0 Å². The molecule has 1 aromatic carbocycles. The summed E-state index contributed by atoms with van der Waals surface area (Å²) in [6.45, 7) is 4.61. The molecular weight excluding hydrogens is 306 g/mol. The largest absolute Gasteiger partial charge is 0.348 e. The van der Waals surface area contributed by atoms with E-state index < -0.39 is 0 Å². The SMILES string of the molecule is Cc1ccc(C(=O)NC(C)Cn2cccn2)c(Br)c1. The molecule has 0 saturated carbocycles. The number of hydrogen-bond acceptors (Lipinski definition) is 2. The van der Waals surface area contributed by atoms with Crippen molar-refractivity contribution in [1.29, 1.82) is 0 Å². The van der Waals surface area contributed by atoms with Crippen LogP contribution >= 0.6 is 15.9 Å². The van der Waals surface area contributed by atoms with Crippen molar-refractivity contribution in [1.82, 2.24) is 15.1 Å². The lowest BCUT2D eigenvalue weighted by atomic mass is 10.1. The van der Waals surface area contributed by atoms with Gasteiger partial charge in [-0.25, -0.2) is 0 Å². The molecule has 2 rings (SSSR count). The zero-order valence-corrected chi connectivity index (χ0v) is 12.5. The molecule has 0 aliphatic rings. The fraction of sp³-hybridized carbons (Fsp3) is 0.286. The summed E-state index contributed by atoms with van der Waals surface area (Å²) in [4.78, 5) is 12.1. The average molecular weight is 322 g/mol. The molecule has 0 saturated heterocycles. The monoisotopic (exact) mass is 321 g/mol. The third-order valence-corrected chi connectivity index (χ3v) is 3.42. The van der Waals surface area contributed by atoms with Crippen LogP contribution in [0.3, 0.4) is 0 Å². The highest BCUT2D eigenvalue weighted by molar-refractivity contribution is 9.10. The molecule has 1 N–H and O–H groups in total. The lowest BCUT2D eigenvalue weighted by Crippen LogP contribution is -2.36. The van der Waals surface area contributed by atoms with E-state index in [1.165, 1.54) is 0 Å². The maximum absolute atomic E-state index is 12.1. The number of aromatic nitrogens is 2. The zero-order chi connectivity index (χ0) is 13.8. The molecule has 19 heavy (non-hydrogen) atoms. The highest BCUT2D eigenvalue weighted by atomic mass is 79.9. The Hall–Kier alpha value is -1.62. The molecule has 1 atom stereocenters. The molecule has 0 bridgehead atoms. The molecule has 0 radical (unpaired) electrons. The summed E-state index contributed by atoms with van der Waals surface area (Å²) in [5, 5.41) is 7.09. The van der Waals surface area contributed by atoms with E-state index in [9.17, 15) is 4.79 Å². The van der Waals surface area contributed by atoms with Gasteiger partial charge < -0.3 is 5.32 Å². The molecule has 0 aliphatic heterocycles. The van der Waals surface area contributed by atoms with Crippen LogP contribution in [0.2, 0.25) is 0 Å². The van der Waals surface area contributed by atoms with Gasteiger partial charge in [-0.2, -0.15) is 5.10 Å². The number of nitrogens with zero attached hydrogens (tertiary/aromatic N) is 2. The van der Waals surface area contributed by atoms with Gasteiger partial charge in [0.1, 0.15) is 0 Å². The van der Waals surface area contributed by atoms with Crippen LogP contribution in [-0.4, -0.2) is 21.7 Å². The van der Waals surface area contributed by atoms with Crippen molar-refractivity contribution in [3.05, 3.63) is 52.3 Å². The van der Waals surface area contributed by atoms with Crippen LogP contribution in [0.15, 0.2) is 41.1 Å². The second-order valence-electron chi connectivity index (χ2n) is 4.59. The zero-order valence-electron chi connectivity index (χ0n) is 10.9. The Morgan fingerprint density at radius 1 is 1.53 bits per heavy atom. The van der Waals surface area contributed by atoms with Crippen molar-refractivity contribution in [2.24, 2.45) is 0 Å². The van der Waals surface area contributed by atoms with Gasteiger partial charge in [-0.1, -0.05) is 6.07 Å². The van der Waals surface area contributed by atoms with Gasteiger partial charge in [-0.3, -0.25) is 9.48 Å². The minimum absolute atomic E-state index is 0.0144. The predicted molar refractivity (Wildman–Crippen MR) is 78.0 cm³/mol. The van der Waals surface area contributed by atoms with Crippen molar-refractivity contribution < 1.29 is 4.79 Å². The molecule has 100 valence electrons. The van der Waals surface area contributed by atoms with Crippen molar-refractivity contribution in [2.45, 2.75) is 26.4 Å².